The lowest BCUT2D eigenvalue weighted by Gasteiger charge is -2.29. The highest BCUT2D eigenvalue weighted by atomic mass is 16.5. The number of aliphatic hydroxyl groups excluding tert-OH is 1. The van der Waals surface area contributed by atoms with Gasteiger partial charge in [0.15, 0.2) is 0 Å². The zero-order valence-electron chi connectivity index (χ0n) is 11.5. The van der Waals surface area contributed by atoms with E-state index in [1.807, 2.05) is 11.8 Å². The topological polar surface area (TPSA) is 62.2 Å². The first kappa shape index (κ1) is 16.8. The number of methoxy groups -OCH3 is 1. The Hall–Kier alpha value is -0.200. The van der Waals surface area contributed by atoms with E-state index in [1.165, 1.54) is 0 Å². The summed E-state index contributed by atoms with van der Waals surface area (Å²) in [6, 6.07) is 0. The first-order valence-corrected chi connectivity index (χ1v) is 6.08. The van der Waals surface area contributed by atoms with E-state index in [1.54, 1.807) is 21.0 Å². The molecule has 0 spiro atoms. The summed E-state index contributed by atoms with van der Waals surface area (Å²) < 4.78 is 10.1. The van der Waals surface area contributed by atoms with Crippen molar-refractivity contribution in [3.63, 3.8) is 0 Å². The van der Waals surface area contributed by atoms with Gasteiger partial charge in [-0.1, -0.05) is 6.92 Å². The Morgan fingerprint density at radius 3 is 2.41 bits per heavy atom. The van der Waals surface area contributed by atoms with E-state index >= 15 is 0 Å². The zero-order valence-corrected chi connectivity index (χ0v) is 11.5. The highest BCUT2D eigenvalue weighted by Crippen LogP contribution is 2.05. The molecule has 0 saturated heterocycles. The number of hydrogen-bond donors (Lipinski definition) is 2. The predicted octanol–water partition coefficient (Wildman–Crippen LogP) is 0.103. The minimum absolute atomic E-state index is 0.297. The van der Waals surface area contributed by atoms with Gasteiger partial charge in [-0.25, -0.2) is 0 Å². The smallest absolute Gasteiger partial charge is 0.0900 e. The third-order valence-electron chi connectivity index (χ3n) is 2.27. The second kappa shape index (κ2) is 8.83. The van der Waals surface area contributed by atoms with Crippen molar-refractivity contribution >= 4 is 0 Å². The highest BCUT2D eigenvalue weighted by Gasteiger charge is 2.19. The largest absolute Gasteiger partial charge is 0.389 e. The molecule has 0 aromatic carbocycles. The summed E-state index contributed by atoms with van der Waals surface area (Å²) in [6.45, 7) is 8.69. The molecular weight excluding hydrogens is 222 g/mol. The Labute approximate surface area is 104 Å². The SMILES string of the molecule is CCN(CC(O)COCCOC)CC(C)(C)O. The van der Waals surface area contributed by atoms with Crippen molar-refractivity contribution in [3.8, 4) is 0 Å². The van der Waals surface area contributed by atoms with Crippen LogP contribution in [0.5, 0.6) is 0 Å². The van der Waals surface area contributed by atoms with E-state index < -0.39 is 11.7 Å². The Kier molecular flexibility index (Phi) is 8.72. The molecule has 5 heteroatoms. The minimum Gasteiger partial charge on any atom is -0.389 e. The monoisotopic (exact) mass is 249 g/mol. The van der Waals surface area contributed by atoms with Crippen LogP contribution in [-0.2, 0) is 9.47 Å². The fourth-order valence-corrected chi connectivity index (χ4v) is 1.57. The molecule has 0 heterocycles. The zero-order chi connectivity index (χ0) is 13.3. The normalized spacial score (nSPS) is 14.3. The van der Waals surface area contributed by atoms with Crippen LogP contribution in [0, 0.1) is 0 Å². The standard InChI is InChI=1S/C12H27NO4/c1-5-13(10-12(2,3)15)8-11(14)9-17-7-6-16-4/h11,14-15H,5-10H2,1-4H3. The van der Waals surface area contributed by atoms with Gasteiger partial charge in [0.25, 0.3) is 0 Å². The van der Waals surface area contributed by atoms with Gasteiger partial charge in [0.05, 0.1) is 31.5 Å². The van der Waals surface area contributed by atoms with Crippen molar-refractivity contribution in [2.45, 2.75) is 32.5 Å². The molecule has 17 heavy (non-hydrogen) atoms. The second-order valence-corrected chi connectivity index (χ2v) is 4.86. The van der Waals surface area contributed by atoms with E-state index in [9.17, 15) is 10.2 Å². The first-order valence-electron chi connectivity index (χ1n) is 6.08. The van der Waals surface area contributed by atoms with Crippen LogP contribution in [0.4, 0.5) is 0 Å². The number of likely N-dealkylation sites (N-methyl/N-ethyl adjacent to an activating group) is 1. The molecule has 0 aromatic heterocycles. The molecule has 0 aliphatic rings. The molecular formula is C12H27NO4. The fourth-order valence-electron chi connectivity index (χ4n) is 1.57. The molecule has 0 rings (SSSR count). The van der Waals surface area contributed by atoms with Gasteiger partial charge in [0.1, 0.15) is 0 Å². The number of rotatable bonds is 10. The number of hydrogen-bond acceptors (Lipinski definition) is 5. The molecule has 0 fully saturated rings. The summed E-state index contributed by atoms with van der Waals surface area (Å²) in [5.74, 6) is 0. The summed E-state index contributed by atoms with van der Waals surface area (Å²) in [4.78, 5) is 2.00. The van der Waals surface area contributed by atoms with Crippen molar-refractivity contribution < 1.29 is 19.7 Å². The summed E-state index contributed by atoms with van der Waals surface area (Å²) in [7, 11) is 1.61. The average Bonchev–Trinajstić information content (AvgIpc) is 2.21. The van der Waals surface area contributed by atoms with E-state index in [0.29, 0.717) is 32.9 Å². The van der Waals surface area contributed by atoms with E-state index in [-0.39, 0.29) is 0 Å². The van der Waals surface area contributed by atoms with E-state index in [2.05, 4.69) is 0 Å². The number of aliphatic hydroxyl groups is 2. The van der Waals surface area contributed by atoms with Crippen molar-refractivity contribution in [2.24, 2.45) is 0 Å². The van der Waals surface area contributed by atoms with Crippen LogP contribution in [0.3, 0.4) is 0 Å². The van der Waals surface area contributed by atoms with E-state index in [4.69, 9.17) is 9.47 Å². The number of nitrogens with zero attached hydrogens (tertiary/aromatic N) is 1. The van der Waals surface area contributed by atoms with Crippen molar-refractivity contribution in [2.75, 3.05) is 46.6 Å². The lowest BCUT2D eigenvalue weighted by molar-refractivity contribution is -0.0164. The average molecular weight is 249 g/mol. The molecule has 104 valence electrons. The summed E-state index contributed by atoms with van der Waals surface area (Å²) in [6.07, 6.45) is -0.533. The molecule has 1 unspecified atom stereocenters. The van der Waals surface area contributed by atoms with E-state index in [0.717, 1.165) is 6.54 Å². The van der Waals surface area contributed by atoms with Crippen LogP contribution in [-0.4, -0.2) is 73.4 Å². The maximum absolute atomic E-state index is 9.76. The van der Waals surface area contributed by atoms with Gasteiger partial charge < -0.3 is 19.7 Å². The molecule has 0 saturated carbocycles. The Balaban J connectivity index is 3.78. The third-order valence-corrected chi connectivity index (χ3v) is 2.27. The highest BCUT2D eigenvalue weighted by molar-refractivity contribution is 4.73. The van der Waals surface area contributed by atoms with Gasteiger partial charge in [-0.2, -0.15) is 0 Å². The Bertz CT molecular complexity index is 182. The fraction of sp³-hybridized carbons (Fsp3) is 1.00. The predicted molar refractivity (Wildman–Crippen MR) is 67.1 cm³/mol. The van der Waals surface area contributed by atoms with Crippen molar-refractivity contribution in [1.82, 2.24) is 4.90 Å². The molecule has 0 bridgehead atoms. The molecule has 2 N–H and O–H groups in total. The second-order valence-electron chi connectivity index (χ2n) is 4.86. The van der Waals surface area contributed by atoms with Crippen LogP contribution in [0.1, 0.15) is 20.8 Å². The molecule has 0 aliphatic heterocycles. The molecule has 1 atom stereocenters. The van der Waals surface area contributed by atoms with Gasteiger partial charge >= 0.3 is 0 Å². The lowest BCUT2D eigenvalue weighted by atomic mass is 10.1. The molecule has 0 aromatic rings. The lowest BCUT2D eigenvalue weighted by Crippen LogP contribution is -2.43. The first-order chi connectivity index (χ1) is 7.89. The Morgan fingerprint density at radius 2 is 1.94 bits per heavy atom. The molecule has 5 nitrogen and oxygen atoms in total. The summed E-state index contributed by atoms with van der Waals surface area (Å²) in [5, 5.41) is 19.5. The minimum atomic E-state index is -0.743. The molecule has 0 amide bonds. The summed E-state index contributed by atoms with van der Waals surface area (Å²) in [5.41, 5.74) is -0.743. The third kappa shape index (κ3) is 10.7. The Morgan fingerprint density at radius 1 is 1.29 bits per heavy atom. The van der Waals surface area contributed by atoms with Crippen LogP contribution < -0.4 is 0 Å². The van der Waals surface area contributed by atoms with Crippen LogP contribution in [0.15, 0.2) is 0 Å². The van der Waals surface area contributed by atoms with Crippen LogP contribution in [0.2, 0.25) is 0 Å². The number of ether oxygens (including phenoxy) is 2. The van der Waals surface area contributed by atoms with Gasteiger partial charge in [-0.15, -0.1) is 0 Å². The van der Waals surface area contributed by atoms with Gasteiger partial charge in [-0.05, 0) is 20.4 Å². The van der Waals surface area contributed by atoms with Gasteiger partial charge in [0, 0.05) is 20.2 Å². The van der Waals surface area contributed by atoms with Gasteiger partial charge in [-0.3, -0.25) is 4.90 Å². The van der Waals surface area contributed by atoms with Crippen LogP contribution in [0.25, 0.3) is 0 Å². The molecule has 0 radical (unpaired) electrons. The quantitative estimate of drug-likeness (QED) is 0.538. The maximum atomic E-state index is 9.76. The van der Waals surface area contributed by atoms with Crippen molar-refractivity contribution in [3.05, 3.63) is 0 Å². The van der Waals surface area contributed by atoms with Crippen molar-refractivity contribution in [1.29, 1.82) is 0 Å². The van der Waals surface area contributed by atoms with Crippen LogP contribution >= 0.6 is 0 Å². The maximum Gasteiger partial charge on any atom is 0.0900 e. The molecule has 0 aliphatic carbocycles. The van der Waals surface area contributed by atoms with Gasteiger partial charge in [0.2, 0.25) is 0 Å². The summed E-state index contributed by atoms with van der Waals surface area (Å²) >= 11 is 0.